The van der Waals surface area contributed by atoms with Crippen LogP contribution in [0.1, 0.15) is 5.76 Å². The molecule has 0 saturated carbocycles. The average molecular weight is 396 g/mol. The molecule has 3 aromatic heterocycles. The first kappa shape index (κ1) is 17.4. The van der Waals surface area contributed by atoms with E-state index in [2.05, 4.69) is 31.3 Å². The first-order valence-electron chi connectivity index (χ1n) is 6.89. The third-order valence-electron chi connectivity index (χ3n) is 2.61. The van der Waals surface area contributed by atoms with Crippen molar-refractivity contribution in [2.75, 3.05) is 21.7 Å². The summed E-state index contributed by atoms with van der Waals surface area (Å²) < 4.78 is 5.44. The molecular weight excluding hydrogens is 384 g/mol. The molecule has 3 aromatic rings. The van der Waals surface area contributed by atoms with Crippen molar-refractivity contribution in [3.05, 3.63) is 29.3 Å². The van der Waals surface area contributed by atoms with Crippen molar-refractivity contribution in [3.8, 4) is 0 Å². The number of hydrogen-bond donors (Lipinski definition) is 3. The fourth-order valence-electron chi connectivity index (χ4n) is 1.64. The summed E-state index contributed by atoms with van der Waals surface area (Å²) in [5, 5.41) is 22.3. The Balaban J connectivity index is 1.45. The summed E-state index contributed by atoms with van der Waals surface area (Å²) in [7, 11) is 0. The number of carbonyl (C=O) groups excluding carboxylic acids is 2. The van der Waals surface area contributed by atoms with E-state index in [1.165, 1.54) is 34.4 Å². The van der Waals surface area contributed by atoms with E-state index in [0.29, 0.717) is 21.0 Å². The Bertz CT molecular complexity index is 860. The van der Waals surface area contributed by atoms with Gasteiger partial charge in [-0.05, 0) is 24.4 Å². The van der Waals surface area contributed by atoms with Crippen LogP contribution in [0.5, 0.6) is 0 Å². The molecule has 0 spiro atoms. The van der Waals surface area contributed by atoms with Gasteiger partial charge in [0.05, 0.1) is 10.8 Å². The SMILES string of the molecule is Cc1cc(NC(=O)CSc2nnc(NC(=O)Nc3cccs3)s2)no1. The van der Waals surface area contributed by atoms with E-state index in [1.807, 2.05) is 11.4 Å². The van der Waals surface area contributed by atoms with Crippen molar-refractivity contribution in [2.24, 2.45) is 0 Å². The van der Waals surface area contributed by atoms with Crippen LogP contribution in [-0.4, -0.2) is 33.0 Å². The highest BCUT2D eigenvalue weighted by molar-refractivity contribution is 8.01. The number of nitrogens with one attached hydrogen (secondary N) is 3. The average Bonchev–Trinajstić information content (AvgIpc) is 3.29. The van der Waals surface area contributed by atoms with Gasteiger partial charge >= 0.3 is 6.03 Å². The molecule has 0 fully saturated rings. The van der Waals surface area contributed by atoms with Crippen LogP contribution in [0.25, 0.3) is 0 Å². The second kappa shape index (κ2) is 8.09. The third-order valence-corrected chi connectivity index (χ3v) is 5.36. The fraction of sp³-hybridized carbons (Fsp3) is 0.154. The Morgan fingerprint density at radius 2 is 2.16 bits per heavy atom. The van der Waals surface area contributed by atoms with Gasteiger partial charge in [-0.25, -0.2) is 4.79 Å². The maximum absolute atomic E-state index is 11.8. The summed E-state index contributed by atoms with van der Waals surface area (Å²) in [5.74, 6) is 0.886. The van der Waals surface area contributed by atoms with Gasteiger partial charge in [-0.3, -0.25) is 15.4 Å². The van der Waals surface area contributed by atoms with Gasteiger partial charge in [0.25, 0.3) is 0 Å². The Labute approximate surface area is 154 Å². The smallest absolute Gasteiger partial charge is 0.326 e. The van der Waals surface area contributed by atoms with Crippen LogP contribution in [0.3, 0.4) is 0 Å². The first-order valence-corrected chi connectivity index (χ1v) is 9.57. The van der Waals surface area contributed by atoms with Gasteiger partial charge in [0, 0.05) is 6.07 Å². The summed E-state index contributed by atoms with van der Waals surface area (Å²) in [6.07, 6.45) is 0. The molecule has 0 aliphatic rings. The van der Waals surface area contributed by atoms with Crippen LogP contribution in [0, 0.1) is 6.92 Å². The van der Waals surface area contributed by atoms with Gasteiger partial charge in [0.1, 0.15) is 5.76 Å². The predicted octanol–water partition coefficient (Wildman–Crippen LogP) is 3.27. The van der Waals surface area contributed by atoms with Gasteiger partial charge < -0.3 is 9.84 Å². The van der Waals surface area contributed by atoms with Crippen LogP contribution in [-0.2, 0) is 4.79 Å². The number of aryl methyl sites for hydroxylation is 1. The number of hydrogen-bond acceptors (Lipinski definition) is 9. The highest BCUT2D eigenvalue weighted by Crippen LogP contribution is 2.26. The van der Waals surface area contributed by atoms with Gasteiger partial charge in [0.2, 0.25) is 11.0 Å². The number of urea groups is 1. The molecule has 0 atom stereocenters. The monoisotopic (exact) mass is 396 g/mol. The first-order chi connectivity index (χ1) is 12.1. The minimum absolute atomic E-state index is 0.141. The molecule has 3 rings (SSSR count). The topological polar surface area (TPSA) is 122 Å². The highest BCUT2D eigenvalue weighted by atomic mass is 32.2. The summed E-state index contributed by atoms with van der Waals surface area (Å²) in [4.78, 5) is 23.6. The predicted molar refractivity (Wildman–Crippen MR) is 97.5 cm³/mol. The molecule has 0 saturated heterocycles. The van der Waals surface area contributed by atoms with Crippen molar-refractivity contribution in [1.29, 1.82) is 0 Å². The fourth-order valence-corrected chi connectivity index (χ4v) is 3.80. The number of anilines is 3. The van der Waals surface area contributed by atoms with E-state index in [1.54, 1.807) is 19.1 Å². The highest BCUT2D eigenvalue weighted by Gasteiger charge is 2.12. The van der Waals surface area contributed by atoms with Crippen LogP contribution in [0.15, 0.2) is 32.4 Å². The zero-order chi connectivity index (χ0) is 17.6. The number of thiophene rings is 1. The van der Waals surface area contributed by atoms with E-state index in [-0.39, 0.29) is 11.7 Å². The lowest BCUT2D eigenvalue weighted by atomic mass is 10.5. The second-order valence-electron chi connectivity index (χ2n) is 4.59. The summed E-state index contributed by atoms with van der Waals surface area (Å²) in [6.45, 7) is 1.74. The van der Waals surface area contributed by atoms with E-state index in [0.717, 1.165) is 5.00 Å². The molecule has 0 aliphatic carbocycles. The van der Waals surface area contributed by atoms with Crippen LogP contribution in [0.4, 0.5) is 20.7 Å². The molecule has 3 amide bonds. The van der Waals surface area contributed by atoms with E-state index in [4.69, 9.17) is 4.52 Å². The Morgan fingerprint density at radius 1 is 1.28 bits per heavy atom. The van der Waals surface area contributed by atoms with Gasteiger partial charge in [-0.15, -0.1) is 21.5 Å². The van der Waals surface area contributed by atoms with E-state index < -0.39 is 6.03 Å². The Kier molecular flexibility index (Phi) is 5.63. The molecule has 0 bridgehead atoms. The molecule has 0 aromatic carbocycles. The summed E-state index contributed by atoms with van der Waals surface area (Å²) >= 11 is 3.81. The number of nitrogens with zero attached hydrogens (tertiary/aromatic N) is 3. The molecule has 25 heavy (non-hydrogen) atoms. The number of rotatable bonds is 6. The van der Waals surface area contributed by atoms with Crippen molar-refractivity contribution >= 4 is 62.3 Å². The Hall–Kier alpha value is -2.44. The molecule has 0 aliphatic heterocycles. The molecule has 12 heteroatoms. The number of aromatic nitrogens is 3. The quantitative estimate of drug-likeness (QED) is 0.432. The molecule has 9 nitrogen and oxygen atoms in total. The van der Waals surface area contributed by atoms with Gasteiger partial charge in [-0.1, -0.05) is 28.3 Å². The largest absolute Gasteiger partial charge is 0.360 e. The van der Waals surface area contributed by atoms with Crippen LogP contribution < -0.4 is 16.0 Å². The van der Waals surface area contributed by atoms with Crippen LogP contribution >= 0.6 is 34.4 Å². The van der Waals surface area contributed by atoms with Gasteiger partial charge in [0.15, 0.2) is 10.2 Å². The summed E-state index contributed by atoms with van der Waals surface area (Å²) in [5.41, 5.74) is 0. The number of thioether (sulfide) groups is 1. The zero-order valence-electron chi connectivity index (χ0n) is 12.8. The normalized spacial score (nSPS) is 10.4. The van der Waals surface area contributed by atoms with E-state index >= 15 is 0 Å². The second-order valence-corrected chi connectivity index (χ2v) is 7.74. The molecule has 0 radical (unpaired) electrons. The van der Waals surface area contributed by atoms with Gasteiger partial charge in [-0.2, -0.15) is 0 Å². The van der Waals surface area contributed by atoms with E-state index in [9.17, 15) is 9.59 Å². The molecule has 130 valence electrons. The van der Waals surface area contributed by atoms with Crippen molar-refractivity contribution in [1.82, 2.24) is 15.4 Å². The molecule has 3 heterocycles. The maximum atomic E-state index is 11.8. The molecule has 0 unspecified atom stereocenters. The summed E-state index contributed by atoms with van der Waals surface area (Å²) in [6, 6.07) is 4.86. The molecular formula is C13H12N6O3S3. The lowest BCUT2D eigenvalue weighted by Gasteiger charge is -2.01. The lowest BCUT2D eigenvalue weighted by Crippen LogP contribution is -2.18. The van der Waals surface area contributed by atoms with Crippen LogP contribution in [0.2, 0.25) is 0 Å². The maximum Gasteiger partial charge on any atom is 0.326 e. The lowest BCUT2D eigenvalue weighted by molar-refractivity contribution is -0.113. The number of amides is 3. The standard InChI is InChI=1S/C13H12N6O3S3/c1-7-5-8(19-22-7)14-9(20)6-24-13-18-17-12(25-13)16-11(21)15-10-3-2-4-23-10/h2-5H,6H2,1H3,(H,14,19,20)(H2,15,16,17,21). The molecule has 3 N–H and O–H groups in total. The Morgan fingerprint density at radius 3 is 2.88 bits per heavy atom. The minimum Gasteiger partial charge on any atom is -0.360 e. The third kappa shape index (κ3) is 5.27. The minimum atomic E-state index is -0.394. The van der Waals surface area contributed by atoms with Crippen molar-refractivity contribution < 1.29 is 14.1 Å². The van der Waals surface area contributed by atoms with Crippen molar-refractivity contribution in [3.63, 3.8) is 0 Å². The zero-order valence-corrected chi connectivity index (χ0v) is 15.3. The number of carbonyl (C=O) groups is 2. The van der Waals surface area contributed by atoms with Crippen molar-refractivity contribution in [2.45, 2.75) is 11.3 Å².